The second kappa shape index (κ2) is 13.4. The van der Waals surface area contributed by atoms with Gasteiger partial charge in [-0.25, -0.2) is 0 Å². The standard InChI is InChI=1S/C33H31N3O3S/c1-22-9-7-11-25(19-22)20-30(36-32(38)26-12-5-4-6-13-26)33(39)34-27-15-17-28(18-16-27)40-21-31(37)35-29-14-8-10-23(2)24(29)3/h4-20H,21H2,1-3H3,(H,34,39)(H,35,37)(H,36,38)/b30-20-. The maximum absolute atomic E-state index is 13.2. The Labute approximate surface area is 238 Å². The van der Waals surface area contributed by atoms with E-state index in [9.17, 15) is 14.4 Å². The summed E-state index contributed by atoms with van der Waals surface area (Å²) >= 11 is 1.41. The van der Waals surface area contributed by atoms with Crippen LogP contribution in [-0.4, -0.2) is 23.5 Å². The Balaban J connectivity index is 1.41. The predicted octanol–water partition coefficient (Wildman–Crippen LogP) is 6.75. The quantitative estimate of drug-likeness (QED) is 0.159. The smallest absolute Gasteiger partial charge is 0.272 e. The number of nitrogens with one attached hydrogen (secondary N) is 3. The maximum atomic E-state index is 13.2. The number of carbonyl (C=O) groups is 3. The van der Waals surface area contributed by atoms with E-state index in [0.717, 1.165) is 32.8 Å². The largest absolute Gasteiger partial charge is 0.325 e. The van der Waals surface area contributed by atoms with Gasteiger partial charge in [0.15, 0.2) is 0 Å². The van der Waals surface area contributed by atoms with Crippen molar-refractivity contribution in [1.82, 2.24) is 5.32 Å². The average molecular weight is 550 g/mol. The molecule has 7 heteroatoms. The Morgan fingerprint density at radius 2 is 1.50 bits per heavy atom. The van der Waals surface area contributed by atoms with Crippen molar-refractivity contribution in [1.29, 1.82) is 0 Å². The zero-order chi connectivity index (χ0) is 28.5. The van der Waals surface area contributed by atoms with Crippen LogP contribution in [0.15, 0.2) is 108 Å². The van der Waals surface area contributed by atoms with E-state index in [0.29, 0.717) is 11.3 Å². The van der Waals surface area contributed by atoms with Crippen LogP contribution in [-0.2, 0) is 9.59 Å². The van der Waals surface area contributed by atoms with Crippen molar-refractivity contribution in [2.45, 2.75) is 25.7 Å². The molecule has 0 bridgehead atoms. The van der Waals surface area contributed by atoms with E-state index in [2.05, 4.69) is 16.0 Å². The van der Waals surface area contributed by atoms with Gasteiger partial charge in [0, 0.05) is 21.8 Å². The third-order valence-corrected chi connectivity index (χ3v) is 7.25. The summed E-state index contributed by atoms with van der Waals surface area (Å²) in [6, 6.07) is 29.5. The number of anilines is 2. The van der Waals surface area contributed by atoms with Crippen molar-refractivity contribution in [3.63, 3.8) is 0 Å². The zero-order valence-electron chi connectivity index (χ0n) is 22.7. The normalized spacial score (nSPS) is 11.0. The van der Waals surface area contributed by atoms with Gasteiger partial charge < -0.3 is 16.0 Å². The molecule has 3 N–H and O–H groups in total. The summed E-state index contributed by atoms with van der Waals surface area (Å²) in [7, 11) is 0. The molecule has 0 radical (unpaired) electrons. The summed E-state index contributed by atoms with van der Waals surface area (Å²) in [4.78, 5) is 39.4. The Bertz CT molecular complexity index is 1550. The van der Waals surface area contributed by atoms with Crippen molar-refractivity contribution in [3.05, 3.63) is 131 Å². The topological polar surface area (TPSA) is 87.3 Å². The highest BCUT2D eigenvalue weighted by Gasteiger charge is 2.15. The van der Waals surface area contributed by atoms with Crippen molar-refractivity contribution in [2.24, 2.45) is 0 Å². The number of benzene rings is 4. The summed E-state index contributed by atoms with van der Waals surface area (Å²) in [6.45, 7) is 5.96. The van der Waals surface area contributed by atoms with Gasteiger partial charge in [0.25, 0.3) is 11.8 Å². The van der Waals surface area contributed by atoms with Crippen LogP contribution >= 0.6 is 11.8 Å². The van der Waals surface area contributed by atoms with Gasteiger partial charge in [0.05, 0.1) is 5.75 Å². The fourth-order valence-electron chi connectivity index (χ4n) is 3.92. The van der Waals surface area contributed by atoms with Crippen molar-refractivity contribution < 1.29 is 14.4 Å². The summed E-state index contributed by atoms with van der Waals surface area (Å²) in [5, 5.41) is 8.58. The van der Waals surface area contributed by atoms with Gasteiger partial charge in [0.2, 0.25) is 5.91 Å². The minimum atomic E-state index is -0.445. The van der Waals surface area contributed by atoms with Gasteiger partial charge in [-0.2, -0.15) is 0 Å². The van der Waals surface area contributed by atoms with Gasteiger partial charge in [0.1, 0.15) is 5.70 Å². The molecule has 0 aliphatic carbocycles. The molecular weight excluding hydrogens is 518 g/mol. The predicted molar refractivity (Wildman–Crippen MR) is 163 cm³/mol. The van der Waals surface area contributed by atoms with Gasteiger partial charge in [-0.05, 0) is 86.0 Å². The lowest BCUT2D eigenvalue weighted by atomic mass is 10.1. The highest BCUT2D eigenvalue weighted by Crippen LogP contribution is 2.23. The van der Waals surface area contributed by atoms with E-state index < -0.39 is 5.91 Å². The fraction of sp³-hybridized carbons (Fsp3) is 0.121. The van der Waals surface area contributed by atoms with E-state index in [1.165, 1.54) is 11.8 Å². The van der Waals surface area contributed by atoms with E-state index in [4.69, 9.17) is 0 Å². The minimum Gasteiger partial charge on any atom is -0.325 e. The zero-order valence-corrected chi connectivity index (χ0v) is 23.5. The molecular formula is C33H31N3O3S. The van der Waals surface area contributed by atoms with Crippen molar-refractivity contribution >= 4 is 46.9 Å². The molecule has 40 heavy (non-hydrogen) atoms. The van der Waals surface area contributed by atoms with Crippen LogP contribution in [0.5, 0.6) is 0 Å². The average Bonchev–Trinajstić information content (AvgIpc) is 2.95. The molecule has 6 nitrogen and oxygen atoms in total. The van der Waals surface area contributed by atoms with E-state index in [1.54, 1.807) is 42.5 Å². The van der Waals surface area contributed by atoms with Crippen LogP contribution in [0, 0.1) is 20.8 Å². The fourth-order valence-corrected chi connectivity index (χ4v) is 4.62. The van der Waals surface area contributed by atoms with Crippen LogP contribution in [0.1, 0.15) is 32.6 Å². The molecule has 0 fully saturated rings. The molecule has 0 saturated heterocycles. The second-order valence-corrected chi connectivity index (χ2v) is 10.4. The molecule has 0 unspecified atom stereocenters. The monoisotopic (exact) mass is 549 g/mol. The molecule has 202 valence electrons. The Kier molecular flexibility index (Phi) is 9.54. The first-order chi connectivity index (χ1) is 19.3. The van der Waals surface area contributed by atoms with Gasteiger partial charge in [-0.3, -0.25) is 14.4 Å². The number of amides is 3. The summed E-state index contributed by atoms with van der Waals surface area (Å²) in [5.74, 6) is -0.649. The third kappa shape index (κ3) is 7.94. The Morgan fingerprint density at radius 3 is 2.23 bits per heavy atom. The lowest BCUT2D eigenvalue weighted by Gasteiger charge is -2.12. The third-order valence-electron chi connectivity index (χ3n) is 6.24. The first-order valence-corrected chi connectivity index (χ1v) is 13.8. The molecule has 0 aliphatic heterocycles. The molecule has 4 aromatic carbocycles. The number of thioether (sulfide) groups is 1. The highest BCUT2D eigenvalue weighted by molar-refractivity contribution is 8.00. The summed E-state index contributed by atoms with van der Waals surface area (Å²) < 4.78 is 0. The lowest BCUT2D eigenvalue weighted by Crippen LogP contribution is -2.30. The lowest BCUT2D eigenvalue weighted by molar-refractivity contribution is -0.114. The van der Waals surface area contributed by atoms with Crippen molar-refractivity contribution in [2.75, 3.05) is 16.4 Å². The molecule has 4 rings (SSSR count). The number of hydrogen-bond acceptors (Lipinski definition) is 4. The molecule has 4 aromatic rings. The second-order valence-electron chi connectivity index (χ2n) is 9.36. The van der Waals surface area contributed by atoms with Crippen molar-refractivity contribution in [3.8, 4) is 0 Å². The summed E-state index contributed by atoms with van der Waals surface area (Å²) in [6.07, 6.45) is 1.65. The van der Waals surface area contributed by atoms with Crippen LogP contribution < -0.4 is 16.0 Å². The van der Waals surface area contributed by atoms with Crippen LogP contribution in [0.3, 0.4) is 0 Å². The molecule has 0 spiro atoms. The van der Waals surface area contributed by atoms with Gasteiger partial charge in [-0.1, -0.05) is 60.2 Å². The SMILES string of the molecule is Cc1cccc(/C=C(\NC(=O)c2ccccc2)C(=O)Nc2ccc(SCC(=O)Nc3cccc(C)c3C)cc2)c1. The number of hydrogen-bond donors (Lipinski definition) is 3. The van der Waals surface area contributed by atoms with Gasteiger partial charge >= 0.3 is 0 Å². The van der Waals surface area contributed by atoms with Crippen LogP contribution in [0.4, 0.5) is 11.4 Å². The number of aryl methyl sites for hydroxylation is 2. The van der Waals surface area contributed by atoms with Crippen LogP contribution in [0.2, 0.25) is 0 Å². The minimum absolute atomic E-state index is 0.0869. The molecule has 0 atom stereocenters. The van der Waals surface area contributed by atoms with E-state index in [1.807, 2.05) is 81.4 Å². The number of carbonyl (C=O) groups excluding carboxylic acids is 3. The molecule has 3 amide bonds. The van der Waals surface area contributed by atoms with Crippen LogP contribution in [0.25, 0.3) is 6.08 Å². The van der Waals surface area contributed by atoms with E-state index >= 15 is 0 Å². The maximum Gasteiger partial charge on any atom is 0.272 e. The molecule has 0 heterocycles. The molecule has 0 aromatic heterocycles. The Hall–Kier alpha value is -4.62. The Morgan fingerprint density at radius 1 is 0.775 bits per heavy atom. The first-order valence-electron chi connectivity index (χ1n) is 12.8. The highest BCUT2D eigenvalue weighted by atomic mass is 32.2. The molecule has 0 saturated carbocycles. The first kappa shape index (κ1) is 28.4. The van der Waals surface area contributed by atoms with Gasteiger partial charge in [-0.15, -0.1) is 11.8 Å². The number of rotatable bonds is 9. The summed E-state index contributed by atoms with van der Waals surface area (Å²) in [5.41, 5.74) is 5.98. The molecule has 0 aliphatic rings. The van der Waals surface area contributed by atoms with E-state index in [-0.39, 0.29) is 23.3 Å².